The summed E-state index contributed by atoms with van der Waals surface area (Å²) in [4.78, 5) is 11.3. The largest absolute Gasteiger partial charge is 0.350 e. The molecule has 1 amide bonds. The molecule has 0 radical (unpaired) electrons. The van der Waals surface area contributed by atoms with Gasteiger partial charge in [0.2, 0.25) is 5.91 Å². The fourth-order valence-corrected chi connectivity index (χ4v) is 1.22. The maximum atomic E-state index is 11.3. The number of hydrogen-bond donors (Lipinski definition) is 1. The molecular formula is C14H25NO. The van der Waals surface area contributed by atoms with Crippen LogP contribution in [-0.2, 0) is 4.79 Å². The molecule has 0 aliphatic carbocycles. The Kier molecular flexibility index (Phi) is 9.78. The Hall–Kier alpha value is -1.05. The molecule has 0 aromatic carbocycles. The second-order valence-electron chi connectivity index (χ2n) is 4.10. The Labute approximate surface area is 99.8 Å². The third-order valence-electron chi connectivity index (χ3n) is 2.47. The smallest absolute Gasteiger partial charge is 0.244 e. The summed E-state index contributed by atoms with van der Waals surface area (Å²) < 4.78 is 0. The Morgan fingerprint density at radius 2 is 2.00 bits per heavy atom. The van der Waals surface area contributed by atoms with Crippen molar-refractivity contribution >= 4 is 5.91 Å². The summed E-state index contributed by atoms with van der Waals surface area (Å²) >= 11 is 0. The lowest BCUT2D eigenvalue weighted by Crippen LogP contribution is -2.30. The third kappa shape index (κ3) is 9.50. The molecule has 0 rings (SSSR count). The molecule has 0 saturated carbocycles. The van der Waals surface area contributed by atoms with E-state index in [2.05, 4.69) is 25.2 Å². The summed E-state index contributed by atoms with van der Waals surface area (Å²) in [6.45, 7) is 6.26. The second-order valence-corrected chi connectivity index (χ2v) is 4.10. The van der Waals surface area contributed by atoms with Crippen LogP contribution < -0.4 is 5.32 Å². The minimum Gasteiger partial charge on any atom is -0.350 e. The Morgan fingerprint density at radius 3 is 2.62 bits per heavy atom. The molecule has 1 atom stereocenters. The maximum absolute atomic E-state index is 11.3. The van der Waals surface area contributed by atoms with Gasteiger partial charge in [0, 0.05) is 12.1 Å². The third-order valence-corrected chi connectivity index (χ3v) is 2.47. The molecule has 0 aromatic rings. The van der Waals surface area contributed by atoms with Gasteiger partial charge < -0.3 is 5.32 Å². The van der Waals surface area contributed by atoms with Crippen LogP contribution >= 0.6 is 0 Å². The van der Waals surface area contributed by atoms with Gasteiger partial charge >= 0.3 is 0 Å². The highest BCUT2D eigenvalue weighted by atomic mass is 16.1. The maximum Gasteiger partial charge on any atom is 0.244 e. The van der Waals surface area contributed by atoms with E-state index in [1.165, 1.54) is 19.3 Å². The summed E-state index contributed by atoms with van der Waals surface area (Å²) in [5, 5.41) is 2.88. The number of allylic oxidation sites excluding steroid dienone is 3. The van der Waals surface area contributed by atoms with Crippen LogP contribution in [0.15, 0.2) is 24.3 Å². The standard InChI is InChI=1S/C14H25NO/c1-4-6-7-8-9-10-11-12-14(16)15-13(3)5-2/h9-13H,4-8H2,1-3H3,(H,15,16)/b10-9-,12-11+. The number of nitrogens with one attached hydrogen (secondary N) is 1. The first-order valence-electron chi connectivity index (χ1n) is 6.34. The predicted octanol–water partition coefficient (Wildman–Crippen LogP) is 3.59. The Morgan fingerprint density at radius 1 is 1.25 bits per heavy atom. The van der Waals surface area contributed by atoms with Crippen LogP contribution in [0.1, 0.15) is 52.9 Å². The molecule has 0 spiro atoms. The predicted molar refractivity (Wildman–Crippen MR) is 70.3 cm³/mol. The molecule has 16 heavy (non-hydrogen) atoms. The van der Waals surface area contributed by atoms with E-state index in [-0.39, 0.29) is 11.9 Å². The van der Waals surface area contributed by atoms with Gasteiger partial charge in [-0.2, -0.15) is 0 Å². The van der Waals surface area contributed by atoms with Crippen molar-refractivity contribution in [2.24, 2.45) is 0 Å². The minimum atomic E-state index is -0.00689. The molecule has 0 bridgehead atoms. The van der Waals surface area contributed by atoms with Crippen molar-refractivity contribution in [1.29, 1.82) is 0 Å². The number of hydrogen-bond acceptors (Lipinski definition) is 1. The van der Waals surface area contributed by atoms with Crippen LogP contribution in [-0.4, -0.2) is 11.9 Å². The zero-order valence-electron chi connectivity index (χ0n) is 10.8. The fraction of sp³-hybridized carbons (Fsp3) is 0.643. The first-order chi connectivity index (χ1) is 7.70. The summed E-state index contributed by atoms with van der Waals surface area (Å²) in [6, 6.07) is 0.255. The van der Waals surface area contributed by atoms with E-state index < -0.39 is 0 Å². The number of unbranched alkanes of at least 4 members (excludes halogenated alkanes) is 3. The highest BCUT2D eigenvalue weighted by Gasteiger charge is 1.99. The average Bonchev–Trinajstić information content (AvgIpc) is 2.27. The van der Waals surface area contributed by atoms with Crippen molar-refractivity contribution in [2.45, 2.75) is 58.9 Å². The zero-order valence-corrected chi connectivity index (χ0v) is 10.8. The van der Waals surface area contributed by atoms with Gasteiger partial charge in [0.15, 0.2) is 0 Å². The van der Waals surface area contributed by atoms with Gasteiger partial charge in [0.05, 0.1) is 0 Å². The van der Waals surface area contributed by atoms with Gasteiger partial charge in [0.1, 0.15) is 0 Å². The molecule has 1 N–H and O–H groups in total. The molecule has 0 aliphatic rings. The van der Waals surface area contributed by atoms with Gasteiger partial charge in [-0.3, -0.25) is 4.79 Å². The van der Waals surface area contributed by atoms with Crippen molar-refractivity contribution in [3.63, 3.8) is 0 Å². The zero-order chi connectivity index (χ0) is 12.2. The molecule has 2 heteroatoms. The van der Waals surface area contributed by atoms with E-state index in [0.29, 0.717) is 0 Å². The van der Waals surface area contributed by atoms with Crippen LogP contribution in [0.25, 0.3) is 0 Å². The van der Waals surface area contributed by atoms with E-state index in [0.717, 1.165) is 12.8 Å². The van der Waals surface area contributed by atoms with Gasteiger partial charge in [0.25, 0.3) is 0 Å². The van der Waals surface area contributed by atoms with Crippen molar-refractivity contribution in [2.75, 3.05) is 0 Å². The molecule has 2 nitrogen and oxygen atoms in total. The number of amides is 1. The molecule has 0 fully saturated rings. The minimum absolute atomic E-state index is 0.00689. The molecular weight excluding hydrogens is 198 g/mol. The average molecular weight is 223 g/mol. The molecule has 0 aromatic heterocycles. The summed E-state index contributed by atoms with van der Waals surface area (Å²) in [5.74, 6) is -0.00689. The normalized spacial score (nSPS) is 13.4. The number of carbonyl (C=O) groups excluding carboxylic acids is 1. The number of carbonyl (C=O) groups is 1. The van der Waals surface area contributed by atoms with E-state index in [1.807, 2.05) is 19.1 Å². The lowest BCUT2D eigenvalue weighted by Gasteiger charge is -2.07. The molecule has 92 valence electrons. The van der Waals surface area contributed by atoms with Crippen molar-refractivity contribution in [3.8, 4) is 0 Å². The summed E-state index contributed by atoms with van der Waals surface area (Å²) in [5.41, 5.74) is 0. The van der Waals surface area contributed by atoms with E-state index in [4.69, 9.17) is 0 Å². The van der Waals surface area contributed by atoms with Crippen LogP contribution in [0.2, 0.25) is 0 Å². The van der Waals surface area contributed by atoms with Gasteiger partial charge in [-0.25, -0.2) is 0 Å². The van der Waals surface area contributed by atoms with Gasteiger partial charge in [-0.05, 0) is 26.2 Å². The Bertz CT molecular complexity index is 231. The summed E-state index contributed by atoms with van der Waals surface area (Å²) in [6.07, 6.45) is 13.3. The van der Waals surface area contributed by atoms with Crippen LogP contribution in [0.5, 0.6) is 0 Å². The Balaban J connectivity index is 3.62. The van der Waals surface area contributed by atoms with Crippen LogP contribution in [0.4, 0.5) is 0 Å². The highest BCUT2D eigenvalue weighted by Crippen LogP contribution is 1.99. The van der Waals surface area contributed by atoms with Gasteiger partial charge in [-0.15, -0.1) is 0 Å². The molecule has 1 unspecified atom stereocenters. The fourth-order valence-electron chi connectivity index (χ4n) is 1.22. The van der Waals surface area contributed by atoms with Crippen molar-refractivity contribution < 1.29 is 4.79 Å². The number of rotatable bonds is 8. The van der Waals surface area contributed by atoms with E-state index in [1.54, 1.807) is 6.08 Å². The SMILES string of the molecule is CCCCC/C=C\C=C\C(=O)NC(C)CC. The first kappa shape index (κ1) is 14.9. The molecule has 0 saturated heterocycles. The van der Waals surface area contributed by atoms with E-state index in [9.17, 15) is 4.79 Å². The lowest BCUT2D eigenvalue weighted by molar-refractivity contribution is -0.117. The first-order valence-corrected chi connectivity index (χ1v) is 6.34. The molecule has 0 heterocycles. The van der Waals surface area contributed by atoms with Crippen molar-refractivity contribution in [1.82, 2.24) is 5.32 Å². The van der Waals surface area contributed by atoms with Crippen molar-refractivity contribution in [3.05, 3.63) is 24.3 Å². The topological polar surface area (TPSA) is 29.1 Å². The van der Waals surface area contributed by atoms with E-state index >= 15 is 0 Å². The molecule has 0 aliphatic heterocycles. The van der Waals surface area contributed by atoms with Crippen LogP contribution in [0, 0.1) is 0 Å². The van der Waals surface area contributed by atoms with Crippen LogP contribution in [0.3, 0.4) is 0 Å². The quantitative estimate of drug-likeness (QED) is 0.380. The lowest BCUT2D eigenvalue weighted by atomic mass is 10.2. The van der Waals surface area contributed by atoms with Gasteiger partial charge in [-0.1, -0.05) is 44.9 Å². The summed E-state index contributed by atoms with van der Waals surface area (Å²) in [7, 11) is 0. The second kappa shape index (κ2) is 10.5. The highest BCUT2D eigenvalue weighted by molar-refractivity contribution is 5.87. The monoisotopic (exact) mass is 223 g/mol.